The molecule has 0 atom stereocenters. The monoisotopic (exact) mass is 478 g/mol. The number of aromatic nitrogens is 2. The Hall–Kier alpha value is -3.57. The van der Waals surface area contributed by atoms with Gasteiger partial charge < -0.3 is 4.74 Å². The highest BCUT2D eigenvalue weighted by atomic mass is 19.4. The van der Waals surface area contributed by atoms with Crippen molar-refractivity contribution in [3.63, 3.8) is 0 Å². The maximum absolute atomic E-state index is 14.5. The van der Waals surface area contributed by atoms with E-state index in [9.17, 15) is 40.3 Å². The molecule has 1 heterocycles. The van der Waals surface area contributed by atoms with Crippen molar-refractivity contribution in [2.24, 2.45) is 7.05 Å². The van der Waals surface area contributed by atoms with Gasteiger partial charge >= 0.3 is 18.0 Å². The van der Waals surface area contributed by atoms with Crippen LogP contribution in [0.2, 0.25) is 0 Å². The number of alkyl halides is 6. The Morgan fingerprint density at radius 1 is 0.848 bits per heavy atom. The van der Waals surface area contributed by atoms with Gasteiger partial charge in [0.2, 0.25) is 0 Å². The lowest BCUT2D eigenvalue weighted by atomic mass is 10.1. The maximum atomic E-state index is 14.5. The Kier molecular flexibility index (Phi) is 7.40. The molecule has 0 aliphatic heterocycles. The molecule has 0 spiro atoms. The quantitative estimate of drug-likeness (QED) is 0.465. The largest absolute Gasteiger partial charge is 0.457 e. The summed E-state index contributed by atoms with van der Waals surface area (Å²) in [5, 5.41) is 0. The zero-order valence-electron chi connectivity index (χ0n) is 17.4. The molecule has 2 aromatic carbocycles. The molecule has 0 aliphatic rings. The summed E-state index contributed by atoms with van der Waals surface area (Å²) in [6, 6.07) is 7.51. The van der Waals surface area contributed by atoms with Crippen LogP contribution in [0, 0.1) is 5.82 Å². The van der Waals surface area contributed by atoms with E-state index in [2.05, 4.69) is 0 Å². The van der Waals surface area contributed by atoms with Gasteiger partial charge in [-0.3, -0.25) is 9.36 Å². The molecule has 0 amide bonds. The smallest absolute Gasteiger partial charge is 0.431 e. The number of hydrogen-bond acceptors (Lipinski definition) is 3. The second-order valence-corrected chi connectivity index (χ2v) is 6.26. The van der Waals surface area contributed by atoms with E-state index in [-0.39, 0.29) is 27.0 Å². The van der Waals surface area contributed by atoms with E-state index < -0.39 is 52.1 Å². The van der Waals surface area contributed by atoms with Crippen LogP contribution in [0.5, 0.6) is 11.5 Å². The van der Waals surface area contributed by atoms with Crippen LogP contribution in [-0.4, -0.2) is 9.13 Å². The topological polar surface area (TPSA) is 53.2 Å². The van der Waals surface area contributed by atoms with Gasteiger partial charge in [0.1, 0.15) is 28.6 Å². The Bertz CT molecular complexity index is 1240. The summed E-state index contributed by atoms with van der Waals surface area (Å²) in [6.45, 7) is 4.00. The molecule has 0 N–H and O–H groups in total. The summed E-state index contributed by atoms with van der Waals surface area (Å²) < 4.78 is 98.8. The molecule has 0 bridgehead atoms. The summed E-state index contributed by atoms with van der Waals surface area (Å²) in [5.74, 6) is -2.69. The van der Waals surface area contributed by atoms with E-state index in [4.69, 9.17) is 4.74 Å². The molecule has 178 valence electrons. The van der Waals surface area contributed by atoms with Gasteiger partial charge in [-0.25, -0.2) is 13.8 Å². The van der Waals surface area contributed by atoms with Crippen LogP contribution < -0.4 is 16.0 Å². The first kappa shape index (κ1) is 25.7. The number of ether oxygens (including phenoxy) is 1. The predicted octanol–water partition coefficient (Wildman–Crippen LogP) is 5.53. The summed E-state index contributed by atoms with van der Waals surface area (Å²) in [7, 11) is 0.685. The van der Waals surface area contributed by atoms with Crippen molar-refractivity contribution in [1.82, 2.24) is 9.13 Å². The molecule has 33 heavy (non-hydrogen) atoms. The van der Waals surface area contributed by atoms with Crippen molar-refractivity contribution in [1.29, 1.82) is 0 Å². The zero-order valence-corrected chi connectivity index (χ0v) is 17.4. The Balaban J connectivity index is 0.00000187. The Morgan fingerprint density at radius 3 is 1.94 bits per heavy atom. The van der Waals surface area contributed by atoms with Gasteiger partial charge in [0, 0.05) is 19.2 Å². The minimum absolute atomic E-state index is 0.00282. The van der Waals surface area contributed by atoms with Gasteiger partial charge in [-0.2, -0.15) is 26.3 Å². The highest BCUT2D eigenvalue weighted by molar-refractivity contribution is 5.49. The van der Waals surface area contributed by atoms with Gasteiger partial charge in [0.25, 0.3) is 5.56 Å². The highest BCUT2D eigenvalue weighted by Gasteiger charge is 2.38. The normalized spacial score (nSPS) is 11.6. The minimum atomic E-state index is -5.07. The van der Waals surface area contributed by atoms with Crippen molar-refractivity contribution in [2.75, 3.05) is 0 Å². The second-order valence-electron chi connectivity index (χ2n) is 6.26. The molecule has 12 heteroatoms. The summed E-state index contributed by atoms with van der Waals surface area (Å²) in [5.41, 5.74) is -7.34. The van der Waals surface area contributed by atoms with E-state index >= 15 is 0 Å². The molecule has 0 saturated carbocycles. The highest BCUT2D eigenvalue weighted by Crippen LogP contribution is 2.40. The van der Waals surface area contributed by atoms with Crippen molar-refractivity contribution in [3.05, 3.63) is 86.4 Å². The summed E-state index contributed by atoms with van der Waals surface area (Å²) in [6.07, 6.45) is -10.1. The number of nitrogens with zero attached hydrogens (tertiary/aromatic N) is 2. The van der Waals surface area contributed by atoms with Crippen molar-refractivity contribution in [3.8, 4) is 17.2 Å². The Labute approximate surface area is 182 Å². The van der Waals surface area contributed by atoms with Crippen LogP contribution in [0.25, 0.3) is 5.69 Å². The lowest BCUT2D eigenvalue weighted by Crippen LogP contribution is -2.41. The van der Waals surface area contributed by atoms with Crippen molar-refractivity contribution < 1.29 is 35.5 Å². The molecule has 0 saturated heterocycles. The number of hydrogen-bond donors (Lipinski definition) is 0. The third-order valence-corrected chi connectivity index (χ3v) is 4.18. The van der Waals surface area contributed by atoms with Crippen LogP contribution in [0.3, 0.4) is 0 Å². The van der Waals surface area contributed by atoms with E-state index in [0.717, 1.165) is 0 Å². The first-order valence-corrected chi connectivity index (χ1v) is 9.35. The lowest BCUT2D eigenvalue weighted by Gasteiger charge is -2.18. The van der Waals surface area contributed by atoms with Gasteiger partial charge in [0.15, 0.2) is 0 Å². The molecule has 0 radical (unpaired) electrons. The fraction of sp³-hybridized carbons (Fsp3) is 0.238. The number of rotatable bonds is 3. The summed E-state index contributed by atoms with van der Waals surface area (Å²) >= 11 is 0. The molecule has 0 fully saturated rings. The first-order valence-electron chi connectivity index (χ1n) is 9.35. The molecule has 5 nitrogen and oxygen atoms in total. The van der Waals surface area contributed by atoms with Crippen LogP contribution in [0.15, 0.2) is 58.1 Å². The minimum Gasteiger partial charge on any atom is -0.457 e. The van der Waals surface area contributed by atoms with Gasteiger partial charge in [-0.1, -0.05) is 32.0 Å². The standard InChI is InChI=1S/C19H11F7N2O3.C2H6/c1-27-15(19(24,25)26)9-16(29)28(17(27)30)13-8-14(31-10-5-3-2-4-6-10)11(7-12(13)20)18(21,22)23;1-2/h2-9H,1H3;1-2H3. The SMILES string of the molecule is CC.Cn1c(C(F)(F)F)cc(=O)n(-c2cc(Oc3ccccc3)c(C(F)(F)F)cc2F)c1=O. The molecular weight excluding hydrogens is 461 g/mol. The molecule has 0 unspecified atom stereocenters. The third kappa shape index (κ3) is 5.44. The van der Waals surface area contributed by atoms with E-state index in [1.54, 1.807) is 6.07 Å². The van der Waals surface area contributed by atoms with Crippen LogP contribution in [-0.2, 0) is 19.4 Å². The lowest BCUT2D eigenvalue weighted by molar-refractivity contribution is -0.144. The van der Waals surface area contributed by atoms with Crippen molar-refractivity contribution in [2.45, 2.75) is 26.2 Å². The third-order valence-electron chi connectivity index (χ3n) is 4.18. The molecule has 3 aromatic rings. The van der Waals surface area contributed by atoms with Crippen LogP contribution >= 0.6 is 0 Å². The predicted molar refractivity (Wildman–Crippen MR) is 105 cm³/mol. The summed E-state index contributed by atoms with van der Waals surface area (Å²) in [4.78, 5) is 24.5. The fourth-order valence-corrected chi connectivity index (χ4v) is 2.75. The van der Waals surface area contributed by atoms with Gasteiger partial charge in [-0.15, -0.1) is 0 Å². The van der Waals surface area contributed by atoms with E-state index in [1.807, 2.05) is 13.8 Å². The maximum Gasteiger partial charge on any atom is 0.431 e. The van der Waals surface area contributed by atoms with Gasteiger partial charge in [0.05, 0.1) is 5.69 Å². The van der Waals surface area contributed by atoms with Crippen LogP contribution in [0.4, 0.5) is 30.7 Å². The average Bonchev–Trinajstić information content (AvgIpc) is 2.73. The average molecular weight is 478 g/mol. The fourth-order valence-electron chi connectivity index (χ4n) is 2.75. The second kappa shape index (κ2) is 9.51. The van der Waals surface area contributed by atoms with Gasteiger partial charge in [-0.05, 0) is 18.2 Å². The number of benzene rings is 2. The van der Waals surface area contributed by atoms with Crippen molar-refractivity contribution >= 4 is 0 Å². The number of halogens is 7. The Morgan fingerprint density at radius 2 is 1.42 bits per heavy atom. The number of para-hydroxylation sites is 1. The molecule has 3 rings (SSSR count). The first-order chi connectivity index (χ1) is 15.3. The van der Waals surface area contributed by atoms with E-state index in [1.165, 1.54) is 24.3 Å². The zero-order chi connectivity index (χ0) is 25.1. The molecule has 0 aliphatic carbocycles. The van der Waals surface area contributed by atoms with Crippen LogP contribution in [0.1, 0.15) is 25.1 Å². The molecular formula is C21H17F7N2O3. The van der Waals surface area contributed by atoms with E-state index in [0.29, 0.717) is 13.1 Å². The molecule has 1 aromatic heterocycles.